The molecule has 3 rings (SSSR count). The fourth-order valence-electron chi connectivity index (χ4n) is 2.95. The third-order valence-electron chi connectivity index (χ3n) is 4.66. The summed E-state index contributed by atoms with van der Waals surface area (Å²) in [6.45, 7) is 3.28. The van der Waals surface area contributed by atoms with Crippen LogP contribution in [0.5, 0.6) is 17.2 Å². The number of phenols is 2. The van der Waals surface area contributed by atoms with Crippen LogP contribution in [0.4, 0.5) is 4.79 Å². The van der Waals surface area contributed by atoms with Crippen molar-refractivity contribution in [3.63, 3.8) is 0 Å². The van der Waals surface area contributed by atoms with Crippen molar-refractivity contribution in [2.75, 3.05) is 19.7 Å². The Kier molecular flexibility index (Phi) is 11.2. The number of hydrogen-bond acceptors (Lipinski definition) is 9. The lowest BCUT2D eigenvalue weighted by atomic mass is 10.3. The predicted molar refractivity (Wildman–Crippen MR) is 141 cm³/mol. The molecule has 0 saturated carbocycles. The molecule has 2 aromatic carbocycles. The van der Waals surface area contributed by atoms with E-state index in [1.807, 2.05) is 6.92 Å². The van der Waals surface area contributed by atoms with Crippen LogP contribution in [0, 0.1) is 0 Å². The Labute approximate surface area is 238 Å². The summed E-state index contributed by atoms with van der Waals surface area (Å²) in [6, 6.07) is 3.70. The normalized spacial score (nSPS) is 11.4. The number of aromatic hydroxyl groups is 2. The maximum absolute atomic E-state index is 12.3. The molecule has 0 bridgehead atoms. The SMILES string of the molecule is CCCN(CCOc1c(Cl)cc(Cl)cc1Cl)C(=O)n1ccnc1.O=S(=O)(O)c1cc(O)c(O)c(S(=O)(=O)O)c1. The van der Waals surface area contributed by atoms with Gasteiger partial charge in [0, 0.05) is 30.0 Å². The minimum Gasteiger partial charge on any atom is -0.504 e. The summed E-state index contributed by atoms with van der Waals surface area (Å²) >= 11 is 18.0. The van der Waals surface area contributed by atoms with Crippen molar-refractivity contribution in [3.8, 4) is 17.2 Å². The molecule has 3 aromatic rings. The quantitative estimate of drug-likeness (QED) is 0.202. The average molecular weight is 647 g/mol. The Bertz CT molecular complexity index is 1510. The van der Waals surface area contributed by atoms with Crippen molar-refractivity contribution >= 4 is 61.1 Å². The lowest BCUT2D eigenvalue weighted by Gasteiger charge is -2.22. The number of aromatic nitrogens is 2. The summed E-state index contributed by atoms with van der Waals surface area (Å²) in [5, 5.41) is 19.2. The molecular weight excluding hydrogens is 625 g/mol. The Balaban J connectivity index is 0.000000293. The van der Waals surface area contributed by atoms with E-state index in [4.69, 9.17) is 58.9 Å². The van der Waals surface area contributed by atoms with Crippen LogP contribution in [0.1, 0.15) is 13.3 Å². The standard InChI is InChI=1S/C15H16Cl3N3O2.C6H6O8S2/c1-2-4-20(15(22)21-5-3-19-10-21)6-7-23-14-12(17)8-11(16)9-13(14)18;7-4-1-3(15(9,10)11)2-5(6(4)8)16(12,13)14/h3,5,8-10H,2,4,6-7H2,1H3;1-2,7-8H,(H,9,10,11)(H,12,13,14). The Morgan fingerprint density at radius 1 is 1.00 bits per heavy atom. The third kappa shape index (κ3) is 9.13. The molecule has 4 N–H and O–H groups in total. The summed E-state index contributed by atoms with van der Waals surface area (Å²) in [7, 11) is -9.70. The number of amides is 1. The van der Waals surface area contributed by atoms with Crippen LogP contribution in [0.2, 0.25) is 15.1 Å². The summed E-state index contributed by atoms with van der Waals surface area (Å²) in [4.78, 5) is 15.7. The highest BCUT2D eigenvalue weighted by atomic mass is 35.5. The smallest absolute Gasteiger partial charge is 0.329 e. The van der Waals surface area contributed by atoms with Crippen LogP contribution in [-0.4, -0.2) is 76.3 Å². The second-order valence-corrected chi connectivity index (χ2v) is 11.6. The predicted octanol–water partition coefficient (Wildman–Crippen LogP) is 4.19. The summed E-state index contributed by atoms with van der Waals surface area (Å²) in [6.07, 6.45) is 5.48. The first-order valence-corrected chi connectivity index (χ1v) is 14.6. The van der Waals surface area contributed by atoms with Gasteiger partial charge >= 0.3 is 6.03 Å². The van der Waals surface area contributed by atoms with Gasteiger partial charge in [-0.3, -0.25) is 13.7 Å². The van der Waals surface area contributed by atoms with E-state index >= 15 is 0 Å². The van der Waals surface area contributed by atoms with Gasteiger partial charge in [-0.1, -0.05) is 41.7 Å². The Morgan fingerprint density at radius 3 is 2.10 bits per heavy atom. The minimum atomic E-state index is -4.92. The third-order valence-corrected chi connectivity index (χ3v) is 7.14. The van der Waals surface area contributed by atoms with E-state index in [-0.39, 0.29) is 12.6 Å². The van der Waals surface area contributed by atoms with Crippen molar-refractivity contribution in [2.45, 2.75) is 23.1 Å². The van der Waals surface area contributed by atoms with E-state index in [1.165, 1.54) is 10.9 Å². The molecule has 0 atom stereocenters. The number of nitrogens with zero attached hydrogens (tertiary/aromatic N) is 3. The summed E-state index contributed by atoms with van der Waals surface area (Å²) in [5.74, 6) is -1.96. The Morgan fingerprint density at radius 2 is 1.62 bits per heavy atom. The van der Waals surface area contributed by atoms with E-state index in [2.05, 4.69) is 4.98 Å². The number of benzene rings is 2. The first kappa shape index (κ1) is 32.4. The lowest BCUT2D eigenvalue weighted by molar-refractivity contribution is 0.184. The van der Waals surface area contributed by atoms with E-state index in [9.17, 15) is 21.6 Å². The van der Waals surface area contributed by atoms with Gasteiger partial charge in [0.25, 0.3) is 20.2 Å². The maximum Gasteiger partial charge on any atom is 0.329 e. The zero-order chi connectivity index (χ0) is 29.5. The molecule has 0 aliphatic carbocycles. The largest absolute Gasteiger partial charge is 0.504 e. The fraction of sp³-hybridized carbons (Fsp3) is 0.238. The van der Waals surface area contributed by atoms with Crippen molar-refractivity contribution in [1.82, 2.24) is 14.5 Å². The van der Waals surface area contributed by atoms with Gasteiger partial charge in [-0.05, 0) is 24.6 Å². The second-order valence-electron chi connectivity index (χ2n) is 7.53. The summed E-state index contributed by atoms with van der Waals surface area (Å²) < 4.78 is 67.0. The van der Waals surface area contributed by atoms with Crippen molar-refractivity contribution < 1.29 is 45.7 Å². The van der Waals surface area contributed by atoms with Crippen molar-refractivity contribution in [3.05, 3.63) is 58.1 Å². The lowest BCUT2D eigenvalue weighted by Crippen LogP contribution is -2.37. The van der Waals surface area contributed by atoms with Crippen LogP contribution in [-0.2, 0) is 20.2 Å². The fourth-order valence-corrected chi connectivity index (χ4v) is 5.10. The van der Waals surface area contributed by atoms with Gasteiger partial charge < -0.3 is 19.8 Å². The van der Waals surface area contributed by atoms with E-state index in [0.29, 0.717) is 46.0 Å². The molecule has 1 aromatic heterocycles. The van der Waals surface area contributed by atoms with Crippen molar-refractivity contribution in [2.24, 2.45) is 0 Å². The molecule has 214 valence electrons. The monoisotopic (exact) mass is 645 g/mol. The number of carbonyl (C=O) groups excluding carboxylic acids is 1. The molecule has 18 heteroatoms. The van der Waals surface area contributed by atoms with Gasteiger partial charge in [0.1, 0.15) is 17.8 Å². The molecule has 13 nitrogen and oxygen atoms in total. The highest BCUT2D eigenvalue weighted by Crippen LogP contribution is 2.36. The molecule has 0 spiro atoms. The molecule has 0 radical (unpaired) electrons. The number of carbonyl (C=O) groups is 1. The number of halogens is 3. The van der Waals surface area contributed by atoms with Crippen LogP contribution in [0.25, 0.3) is 0 Å². The van der Waals surface area contributed by atoms with Gasteiger partial charge in [-0.25, -0.2) is 9.78 Å². The average Bonchev–Trinajstić information content (AvgIpc) is 3.35. The van der Waals surface area contributed by atoms with Gasteiger partial charge in [0.15, 0.2) is 17.2 Å². The molecule has 0 unspecified atom stereocenters. The molecule has 0 aliphatic heterocycles. The number of imidazole rings is 1. The second kappa shape index (κ2) is 13.5. The molecule has 0 aliphatic rings. The Hall–Kier alpha value is -2.79. The van der Waals surface area contributed by atoms with Crippen molar-refractivity contribution in [1.29, 1.82) is 0 Å². The van der Waals surface area contributed by atoms with Gasteiger partial charge in [0.2, 0.25) is 0 Å². The van der Waals surface area contributed by atoms with E-state index in [0.717, 1.165) is 6.42 Å². The van der Waals surface area contributed by atoms with E-state index in [1.54, 1.807) is 29.4 Å². The molecule has 1 heterocycles. The highest BCUT2D eigenvalue weighted by molar-refractivity contribution is 7.86. The van der Waals surface area contributed by atoms with Crippen LogP contribution in [0.3, 0.4) is 0 Å². The highest BCUT2D eigenvalue weighted by Gasteiger charge is 2.23. The minimum absolute atomic E-state index is 0.152. The number of hydrogen-bond donors (Lipinski definition) is 4. The molecule has 0 saturated heterocycles. The molecule has 1 amide bonds. The van der Waals surface area contributed by atoms with Gasteiger partial charge in [-0.2, -0.15) is 16.8 Å². The van der Waals surface area contributed by atoms with Crippen LogP contribution >= 0.6 is 34.8 Å². The van der Waals surface area contributed by atoms with Gasteiger partial charge in [0.05, 0.1) is 21.5 Å². The zero-order valence-electron chi connectivity index (χ0n) is 19.9. The number of ether oxygens (including phenoxy) is 1. The number of rotatable bonds is 8. The molecular formula is C21H22Cl3N3O10S2. The first-order chi connectivity index (χ1) is 18.1. The van der Waals surface area contributed by atoms with Crippen LogP contribution < -0.4 is 4.74 Å². The topological polar surface area (TPSA) is 197 Å². The zero-order valence-corrected chi connectivity index (χ0v) is 23.8. The van der Waals surface area contributed by atoms with E-state index < -0.39 is 41.5 Å². The maximum atomic E-state index is 12.3. The number of phenolic OH excluding ortho intramolecular Hbond substituents is 2. The first-order valence-electron chi connectivity index (χ1n) is 10.6. The summed E-state index contributed by atoms with van der Waals surface area (Å²) in [5.41, 5.74) is 0. The molecule has 0 fully saturated rings. The van der Waals surface area contributed by atoms with Gasteiger partial charge in [-0.15, -0.1) is 0 Å². The molecule has 39 heavy (non-hydrogen) atoms. The van der Waals surface area contributed by atoms with Crippen LogP contribution in [0.15, 0.2) is 52.8 Å².